The average Bonchev–Trinajstić information content (AvgIpc) is 3.23. The van der Waals surface area contributed by atoms with Crippen molar-refractivity contribution in [2.24, 2.45) is 0 Å². The Balaban J connectivity index is 1.85. The third kappa shape index (κ3) is 3.07. The van der Waals surface area contributed by atoms with E-state index in [2.05, 4.69) is 15.3 Å². The molecule has 0 atom stereocenters. The van der Waals surface area contributed by atoms with Gasteiger partial charge in [-0.1, -0.05) is 0 Å². The second-order valence-corrected chi connectivity index (χ2v) is 5.06. The standard InChI is InChI=1S/C16H19N3O/c1-3-20-14-8-4-12(5-9-14)15-10-16(18-11(2)17-15)19-13-6-7-13/h4-5,8-10,13H,3,6-7H2,1-2H3,(H,17,18,19). The predicted octanol–water partition coefficient (Wildman–Crippen LogP) is 3.43. The Morgan fingerprint density at radius 2 is 1.95 bits per heavy atom. The molecule has 0 amide bonds. The number of hydrogen-bond donors (Lipinski definition) is 1. The maximum atomic E-state index is 5.46. The first-order valence-corrected chi connectivity index (χ1v) is 7.10. The summed E-state index contributed by atoms with van der Waals surface area (Å²) in [5.41, 5.74) is 2.03. The molecule has 4 nitrogen and oxygen atoms in total. The molecule has 1 aliphatic carbocycles. The van der Waals surface area contributed by atoms with Crippen LogP contribution in [0.3, 0.4) is 0 Å². The van der Waals surface area contributed by atoms with Gasteiger partial charge in [0.1, 0.15) is 17.4 Å². The molecule has 0 bridgehead atoms. The Morgan fingerprint density at radius 3 is 2.60 bits per heavy atom. The Morgan fingerprint density at radius 1 is 1.20 bits per heavy atom. The minimum atomic E-state index is 0.595. The summed E-state index contributed by atoms with van der Waals surface area (Å²) >= 11 is 0. The van der Waals surface area contributed by atoms with Crippen molar-refractivity contribution in [1.82, 2.24) is 9.97 Å². The van der Waals surface area contributed by atoms with Gasteiger partial charge in [0.05, 0.1) is 12.3 Å². The van der Waals surface area contributed by atoms with E-state index in [1.54, 1.807) is 0 Å². The number of benzene rings is 1. The van der Waals surface area contributed by atoms with Crippen molar-refractivity contribution < 1.29 is 4.74 Å². The maximum absolute atomic E-state index is 5.46. The minimum absolute atomic E-state index is 0.595. The summed E-state index contributed by atoms with van der Waals surface area (Å²) < 4.78 is 5.46. The van der Waals surface area contributed by atoms with Gasteiger partial charge in [-0.05, 0) is 51.0 Å². The van der Waals surface area contributed by atoms with Gasteiger partial charge < -0.3 is 10.1 Å². The van der Waals surface area contributed by atoms with E-state index in [4.69, 9.17) is 4.74 Å². The van der Waals surface area contributed by atoms with Gasteiger partial charge in [-0.25, -0.2) is 9.97 Å². The van der Waals surface area contributed by atoms with E-state index in [0.717, 1.165) is 28.6 Å². The van der Waals surface area contributed by atoms with Crippen LogP contribution in [0.5, 0.6) is 5.75 Å². The van der Waals surface area contributed by atoms with Crippen LogP contribution >= 0.6 is 0 Å². The molecule has 0 aliphatic heterocycles. The topological polar surface area (TPSA) is 47.0 Å². The lowest BCUT2D eigenvalue weighted by Crippen LogP contribution is -2.05. The van der Waals surface area contributed by atoms with Gasteiger partial charge in [0.25, 0.3) is 0 Å². The minimum Gasteiger partial charge on any atom is -0.494 e. The average molecular weight is 269 g/mol. The summed E-state index contributed by atoms with van der Waals surface area (Å²) in [6, 6.07) is 10.6. The van der Waals surface area contributed by atoms with Gasteiger partial charge in [-0.3, -0.25) is 0 Å². The molecule has 0 radical (unpaired) electrons. The molecule has 20 heavy (non-hydrogen) atoms. The number of aryl methyl sites for hydroxylation is 1. The van der Waals surface area contributed by atoms with E-state index in [-0.39, 0.29) is 0 Å². The molecule has 1 heterocycles. The van der Waals surface area contributed by atoms with Crippen molar-refractivity contribution in [2.45, 2.75) is 32.7 Å². The molecule has 1 saturated carbocycles. The van der Waals surface area contributed by atoms with Crippen molar-refractivity contribution in [1.29, 1.82) is 0 Å². The largest absolute Gasteiger partial charge is 0.494 e. The van der Waals surface area contributed by atoms with E-state index >= 15 is 0 Å². The summed E-state index contributed by atoms with van der Waals surface area (Å²) in [6.07, 6.45) is 2.48. The zero-order chi connectivity index (χ0) is 13.9. The third-order valence-electron chi connectivity index (χ3n) is 3.23. The van der Waals surface area contributed by atoms with E-state index in [0.29, 0.717) is 12.6 Å². The van der Waals surface area contributed by atoms with Crippen LogP contribution < -0.4 is 10.1 Å². The van der Waals surface area contributed by atoms with Gasteiger partial charge in [0.2, 0.25) is 0 Å². The Kier molecular flexibility index (Phi) is 3.54. The van der Waals surface area contributed by atoms with Crippen LogP contribution in [-0.2, 0) is 0 Å². The van der Waals surface area contributed by atoms with Crippen LogP contribution in [-0.4, -0.2) is 22.6 Å². The molecule has 1 fully saturated rings. The molecule has 3 rings (SSSR count). The van der Waals surface area contributed by atoms with Crippen molar-refractivity contribution >= 4 is 5.82 Å². The smallest absolute Gasteiger partial charge is 0.130 e. The molecule has 2 aromatic rings. The Hall–Kier alpha value is -2.10. The number of anilines is 1. The first kappa shape index (κ1) is 12.9. The van der Waals surface area contributed by atoms with Crippen molar-refractivity contribution in [3.8, 4) is 17.0 Å². The van der Waals surface area contributed by atoms with Crippen molar-refractivity contribution in [2.75, 3.05) is 11.9 Å². The Bertz CT molecular complexity index is 591. The normalized spacial score (nSPS) is 14.1. The molecule has 0 unspecified atom stereocenters. The van der Waals surface area contributed by atoms with E-state index in [9.17, 15) is 0 Å². The zero-order valence-electron chi connectivity index (χ0n) is 11.9. The summed E-state index contributed by atoms with van der Waals surface area (Å²) in [5.74, 6) is 2.60. The van der Waals surface area contributed by atoms with Gasteiger partial charge >= 0.3 is 0 Å². The van der Waals surface area contributed by atoms with E-state index < -0.39 is 0 Å². The highest BCUT2D eigenvalue weighted by molar-refractivity contribution is 5.63. The molecule has 1 aromatic carbocycles. The maximum Gasteiger partial charge on any atom is 0.130 e. The second-order valence-electron chi connectivity index (χ2n) is 5.06. The number of nitrogens with one attached hydrogen (secondary N) is 1. The molecule has 0 spiro atoms. The third-order valence-corrected chi connectivity index (χ3v) is 3.23. The zero-order valence-corrected chi connectivity index (χ0v) is 11.9. The van der Waals surface area contributed by atoms with Gasteiger partial charge in [0.15, 0.2) is 0 Å². The highest BCUT2D eigenvalue weighted by Gasteiger charge is 2.21. The van der Waals surface area contributed by atoms with Crippen LogP contribution in [0.1, 0.15) is 25.6 Å². The molecule has 0 saturated heterocycles. The fraction of sp³-hybridized carbons (Fsp3) is 0.375. The predicted molar refractivity (Wildman–Crippen MR) is 80.0 cm³/mol. The lowest BCUT2D eigenvalue weighted by atomic mass is 10.1. The second kappa shape index (κ2) is 5.49. The number of hydrogen-bond acceptors (Lipinski definition) is 4. The molecular weight excluding hydrogens is 250 g/mol. The van der Waals surface area contributed by atoms with Crippen LogP contribution in [0.25, 0.3) is 11.3 Å². The molecule has 104 valence electrons. The first-order chi connectivity index (χ1) is 9.74. The summed E-state index contributed by atoms with van der Waals surface area (Å²) in [6.45, 7) is 4.59. The lowest BCUT2D eigenvalue weighted by Gasteiger charge is -2.08. The summed E-state index contributed by atoms with van der Waals surface area (Å²) in [5, 5.41) is 3.42. The molecule has 1 aliphatic rings. The van der Waals surface area contributed by atoms with Crippen LogP contribution in [0.15, 0.2) is 30.3 Å². The van der Waals surface area contributed by atoms with Gasteiger partial charge in [-0.15, -0.1) is 0 Å². The van der Waals surface area contributed by atoms with Crippen LogP contribution in [0.4, 0.5) is 5.82 Å². The molecule has 1 aromatic heterocycles. The quantitative estimate of drug-likeness (QED) is 0.903. The van der Waals surface area contributed by atoms with Gasteiger partial charge in [0, 0.05) is 17.7 Å². The van der Waals surface area contributed by atoms with Crippen molar-refractivity contribution in [3.05, 3.63) is 36.2 Å². The van der Waals surface area contributed by atoms with E-state index in [1.807, 2.05) is 44.2 Å². The first-order valence-electron chi connectivity index (χ1n) is 7.10. The highest BCUT2D eigenvalue weighted by atomic mass is 16.5. The fourth-order valence-electron chi connectivity index (χ4n) is 2.11. The lowest BCUT2D eigenvalue weighted by molar-refractivity contribution is 0.340. The molecule has 1 N–H and O–H groups in total. The fourth-order valence-corrected chi connectivity index (χ4v) is 2.11. The Labute approximate surface area is 119 Å². The van der Waals surface area contributed by atoms with Crippen molar-refractivity contribution in [3.63, 3.8) is 0 Å². The number of nitrogens with zero attached hydrogens (tertiary/aromatic N) is 2. The molecule has 4 heteroatoms. The SMILES string of the molecule is CCOc1ccc(-c2cc(NC3CC3)nc(C)n2)cc1. The molecular formula is C16H19N3O. The van der Waals surface area contributed by atoms with E-state index in [1.165, 1.54) is 12.8 Å². The van der Waals surface area contributed by atoms with Crippen LogP contribution in [0, 0.1) is 6.92 Å². The number of rotatable bonds is 5. The summed E-state index contributed by atoms with van der Waals surface area (Å²) in [7, 11) is 0. The highest BCUT2D eigenvalue weighted by Crippen LogP contribution is 2.27. The van der Waals surface area contributed by atoms with Gasteiger partial charge in [-0.2, -0.15) is 0 Å². The van der Waals surface area contributed by atoms with Crippen LogP contribution in [0.2, 0.25) is 0 Å². The number of ether oxygens (including phenoxy) is 1. The monoisotopic (exact) mass is 269 g/mol. The number of aromatic nitrogens is 2. The summed E-state index contributed by atoms with van der Waals surface area (Å²) in [4.78, 5) is 8.96.